The van der Waals surface area contributed by atoms with E-state index in [2.05, 4.69) is 12.0 Å². The van der Waals surface area contributed by atoms with E-state index in [0.717, 1.165) is 29.9 Å². The van der Waals surface area contributed by atoms with E-state index < -0.39 is 0 Å². The summed E-state index contributed by atoms with van der Waals surface area (Å²) < 4.78 is 21.2. The van der Waals surface area contributed by atoms with Crippen LogP contribution in [0.3, 0.4) is 0 Å². The highest BCUT2D eigenvalue weighted by Gasteiger charge is 2.09. The molecule has 0 unspecified atom stereocenters. The number of hydrogen-bond acceptors (Lipinski definition) is 3. The highest BCUT2D eigenvalue weighted by atomic mass is 19.1. The lowest BCUT2D eigenvalue weighted by Gasteiger charge is -2.09. The quantitative estimate of drug-likeness (QED) is 0.883. The van der Waals surface area contributed by atoms with Crippen LogP contribution in [0.1, 0.15) is 30.8 Å². The summed E-state index contributed by atoms with van der Waals surface area (Å²) in [5.74, 6) is -0.143. The fourth-order valence-corrected chi connectivity index (χ4v) is 2.02. The van der Waals surface area contributed by atoms with Crippen molar-refractivity contribution in [1.82, 2.24) is 9.78 Å². The Balaban J connectivity index is 2.10. The van der Waals surface area contributed by atoms with Crippen molar-refractivity contribution in [2.24, 2.45) is 5.73 Å². The molecule has 1 heterocycles. The topological polar surface area (TPSA) is 53.1 Å². The molecule has 0 bridgehead atoms. The van der Waals surface area contributed by atoms with Gasteiger partial charge in [-0.05, 0) is 37.1 Å². The molecule has 0 atom stereocenters. The Bertz CT molecular complexity index is 580. The lowest BCUT2D eigenvalue weighted by Crippen LogP contribution is -2.07. The van der Waals surface area contributed by atoms with E-state index in [9.17, 15) is 4.39 Å². The van der Waals surface area contributed by atoms with Crippen LogP contribution in [0.5, 0.6) is 5.75 Å². The number of benzene rings is 1. The van der Waals surface area contributed by atoms with Gasteiger partial charge in [-0.2, -0.15) is 5.10 Å². The highest BCUT2D eigenvalue weighted by Crippen LogP contribution is 2.20. The van der Waals surface area contributed by atoms with E-state index in [4.69, 9.17) is 10.5 Å². The summed E-state index contributed by atoms with van der Waals surface area (Å²) in [7, 11) is 0. The van der Waals surface area contributed by atoms with Gasteiger partial charge in [0.2, 0.25) is 0 Å². The number of hydrogen-bond donors (Lipinski definition) is 1. The van der Waals surface area contributed by atoms with E-state index in [1.807, 2.05) is 17.7 Å². The molecule has 1 aromatic carbocycles. The number of halogens is 1. The summed E-state index contributed by atoms with van der Waals surface area (Å²) in [6.45, 7) is 5.47. The van der Waals surface area contributed by atoms with E-state index in [0.29, 0.717) is 13.2 Å². The molecule has 0 spiro atoms. The van der Waals surface area contributed by atoms with Crippen LogP contribution in [0, 0.1) is 5.82 Å². The summed E-state index contributed by atoms with van der Waals surface area (Å²) in [4.78, 5) is 0. The van der Waals surface area contributed by atoms with Gasteiger partial charge in [-0.15, -0.1) is 0 Å². The van der Waals surface area contributed by atoms with Crippen molar-refractivity contribution in [3.63, 3.8) is 0 Å². The second-order valence-corrected chi connectivity index (χ2v) is 4.55. The molecule has 2 aromatic rings. The molecular weight excluding hydrogens is 257 g/mol. The first-order chi connectivity index (χ1) is 9.67. The maximum absolute atomic E-state index is 13.8. The molecule has 0 saturated carbocycles. The van der Waals surface area contributed by atoms with Crippen molar-refractivity contribution < 1.29 is 9.13 Å². The first-order valence-electron chi connectivity index (χ1n) is 6.84. The third-order valence-corrected chi connectivity index (χ3v) is 3.18. The average Bonchev–Trinajstić information content (AvgIpc) is 2.88. The lowest BCUT2D eigenvalue weighted by molar-refractivity contribution is 0.278. The van der Waals surface area contributed by atoms with Crippen molar-refractivity contribution >= 4 is 0 Å². The first kappa shape index (κ1) is 14.5. The average molecular weight is 277 g/mol. The predicted octanol–water partition coefficient (Wildman–Crippen LogP) is 2.64. The molecule has 108 valence electrons. The number of nitrogens with zero attached hydrogens (tertiary/aromatic N) is 2. The normalized spacial score (nSPS) is 10.8. The Morgan fingerprint density at radius 2 is 2.10 bits per heavy atom. The predicted molar refractivity (Wildman–Crippen MR) is 75.9 cm³/mol. The summed E-state index contributed by atoms with van der Waals surface area (Å²) in [5, 5.41) is 4.44. The minimum Gasteiger partial charge on any atom is -0.484 e. The lowest BCUT2D eigenvalue weighted by atomic mass is 10.2. The Morgan fingerprint density at radius 3 is 2.70 bits per heavy atom. The number of nitrogens with two attached hydrogens (primary N) is 1. The van der Waals surface area contributed by atoms with Crippen LogP contribution in [0.15, 0.2) is 24.3 Å². The van der Waals surface area contributed by atoms with Gasteiger partial charge in [-0.3, -0.25) is 4.68 Å². The summed E-state index contributed by atoms with van der Waals surface area (Å²) in [5.41, 5.74) is 8.19. The summed E-state index contributed by atoms with van der Waals surface area (Å²) >= 11 is 0. The standard InChI is InChI=1S/C15H20FN3O/c1-3-12-8-13(19(4-2)18-12)10-20-15-6-5-11(9-17)7-14(15)16/h5-8H,3-4,9-10,17H2,1-2H3. The molecule has 0 aliphatic heterocycles. The molecule has 1 aromatic heterocycles. The maximum Gasteiger partial charge on any atom is 0.165 e. The van der Waals surface area contributed by atoms with E-state index in [1.165, 1.54) is 6.07 Å². The monoisotopic (exact) mass is 277 g/mol. The van der Waals surface area contributed by atoms with Crippen LogP contribution in [0.2, 0.25) is 0 Å². The van der Waals surface area contributed by atoms with Crippen LogP contribution in [0.25, 0.3) is 0 Å². The van der Waals surface area contributed by atoms with Gasteiger partial charge in [-0.1, -0.05) is 13.0 Å². The second-order valence-electron chi connectivity index (χ2n) is 4.55. The van der Waals surface area contributed by atoms with Crippen molar-refractivity contribution in [3.05, 3.63) is 47.0 Å². The summed E-state index contributed by atoms with van der Waals surface area (Å²) in [6, 6.07) is 6.79. The zero-order valence-corrected chi connectivity index (χ0v) is 11.9. The van der Waals surface area contributed by atoms with E-state index in [-0.39, 0.29) is 11.6 Å². The van der Waals surface area contributed by atoms with Gasteiger partial charge in [0.1, 0.15) is 6.61 Å². The van der Waals surface area contributed by atoms with Gasteiger partial charge >= 0.3 is 0 Å². The number of aryl methyl sites for hydroxylation is 2. The Morgan fingerprint density at radius 1 is 1.30 bits per heavy atom. The molecule has 0 amide bonds. The van der Waals surface area contributed by atoms with Gasteiger partial charge in [0.05, 0.1) is 11.4 Å². The van der Waals surface area contributed by atoms with Crippen LogP contribution in [0.4, 0.5) is 4.39 Å². The third kappa shape index (κ3) is 3.17. The van der Waals surface area contributed by atoms with Crippen LogP contribution in [-0.2, 0) is 26.1 Å². The molecule has 0 aliphatic carbocycles. The zero-order chi connectivity index (χ0) is 14.5. The third-order valence-electron chi connectivity index (χ3n) is 3.18. The van der Waals surface area contributed by atoms with Crippen molar-refractivity contribution in [3.8, 4) is 5.75 Å². The van der Waals surface area contributed by atoms with Crippen LogP contribution in [-0.4, -0.2) is 9.78 Å². The molecule has 20 heavy (non-hydrogen) atoms. The molecule has 5 heteroatoms. The maximum atomic E-state index is 13.8. The van der Waals surface area contributed by atoms with Gasteiger partial charge in [0, 0.05) is 13.1 Å². The SMILES string of the molecule is CCc1cc(COc2ccc(CN)cc2F)n(CC)n1. The molecule has 0 radical (unpaired) electrons. The van der Waals surface area contributed by atoms with E-state index >= 15 is 0 Å². The molecule has 2 N–H and O–H groups in total. The van der Waals surface area contributed by atoms with Crippen molar-refractivity contribution in [2.75, 3.05) is 0 Å². The van der Waals surface area contributed by atoms with Crippen LogP contribution < -0.4 is 10.5 Å². The Kier molecular flexibility index (Phi) is 4.74. The molecule has 0 saturated heterocycles. The number of ether oxygens (including phenoxy) is 1. The second kappa shape index (κ2) is 6.52. The Labute approximate surface area is 118 Å². The minimum atomic E-state index is -0.383. The molecule has 2 rings (SSSR count). The van der Waals surface area contributed by atoms with Crippen molar-refractivity contribution in [2.45, 2.75) is 40.0 Å². The van der Waals surface area contributed by atoms with Gasteiger partial charge in [0.15, 0.2) is 11.6 Å². The number of rotatable bonds is 6. The Hall–Kier alpha value is -1.88. The molecular formula is C15H20FN3O. The van der Waals surface area contributed by atoms with Gasteiger partial charge in [-0.25, -0.2) is 4.39 Å². The molecule has 0 aliphatic rings. The fourth-order valence-electron chi connectivity index (χ4n) is 2.02. The molecule has 4 nitrogen and oxygen atoms in total. The van der Waals surface area contributed by atoms with Crippen molar-refractivity contribution in [1.29, 1.82) is 0 Å². The first-order valence-corrected chi connectivity index (χ1v) is 6.84. The summed E-state index contributed by atoms with van der Waals surface area (Å²) in [6.07, 6.45) is 0.875. The minimum absolute atomic E-state index is 0.240. The van der Waals surface area contributed by atoms with Gasteiger partial charge < -0.3 is 10.5 Å². The van der Waals surface area contributed by atoms with E-state index in [1.54, 1.807) is 12.1 Å². The number of aromatic nitrogens is 2. The largest absolute Gasteiger partial charge is 0.484 e. The fraction of sp³-hybridized carbons (Fsp3) is 0.400. The zero-order valence-electron chi connectivity index (χ0n) is 11.9. The van der Waals surface area contributed by atoms with Crippen LogP contribution >= 0.6 is 0 Å². The van der Waals surface area contributed by atoms with Gasteiger partial charge in [0.25, 0.3) is 0 Å². The highest BCUT2D eigenvalue weighted by molar-refractivity contribution is 5.29. The molecule has 0 fully saturated rings. The smallest absolute Gasteiger partial charge is 0.165 e.